The molecule has 1 heterocycles. The molecule has 0 aliphatic carbocycles. The Bertz CT molecular complexity index is 727. The monoisotopic (exact) mass is 397 g/mol. The topological polar surface area (TPSA) is 143 Å². The predicted molar refractivity (Wildman–Crippen MR) is 101 cm³/mol. The van der Waals surface area contributed by atoms with Gasteiger partial charge in [-0.3, -0.25) is 9.59 Å². The highest BCUT2D eigenvalue weighted by Crippen LogP contribution is 2.07. The van der Waals surface area contributed by atoms with Crippen LogP contribution in [0.5, 0.6) is 0 Å². The maximum absolute atomic E-state index is 12.1. The average molecular weight is 397 g/mol. The van der Waals surface area contributed by atoms with E-state index in [0.717, 1.165) is 0 Å². The van der Waals surface area contributed by atoms with E-state index in [1.807, 2.05) is 0 Å². The molecule has 2 amide bonds. The summed E-state index contributed by atoms with van der Waals surface area (Å²) in [6.45, 7) is 5.62. The molecule has 0 aliphatic rings. The standard InChI is InChI=1S/C17H27N5O6/c1-17(2,3)28-16(26)20-9-10-22(12-5-7-19-15(25)21-12)11-13(23)18-8-6-14(24)27-4/h5,7H,6,8-11H2,1-4H3,(H,18,23)(H,20,26)(H,19,21,25). The van der Waals surface area contributed by atoms with Crippen molar-refractivity contribution in [2.75, 3.05) is 38.2 Å². The molecule has 0 spiro atoms. The number of hydrogen-bond donors (Lipinski definition) is 3. The van der Waals surface area contributed by atoms with Gasteiger partial charge >= 0.3 is 17.8 Å². The molecule has 0 unspecified atom stereocenters. The second kappa shape index (κ2) is 10.9. The van der Waals surface area contributed by atoms with Gasteiger partial charge in [0.1, 0.15) is 11.4 Å². The zero-order chi connectivity index (χ0) is 21.2. The van der Waals surface area contributed by atoms with Crippen molar-refractivity contribution in [3.8, 4) is 0 Å². The van der Waals surface area contributed by atoms with Crippen LogP contribution in [0.4, 0.5) is 10.6 Å². The highest BCUT2D eigenvalue weighted by Gasteiger charge is 2.17. The SMILES string of the molecule is COC(=O)CCNC(=O)CN(CCNC(=O)OC(C)(C)C)c1cc[nH]c(=O)n1. The normalized spacial score (nSPS) is 10.7. The number of carbonyl (C=O) groups is 3. The molecule has 11 heteroatoms. The molecule has 0 atom stereocenters. The van der Waals surface area contributed by atoms with Crippen molar-refractivity contribution in [1.29, 1.82) is 0 Å². The van der Waals surface area contributed by atoms with Crippen molar-refractivity contribution in [3.63, 3.8) is 0 Å². The van der Waals surface area contributed by atoms with Crippen LogP contribution in [0.3, 0.4) is 0 Å². The first-order valence-electron chi connectivity index (χ1n) is 8.72. The molecule has 0 aromatic carbocycles. The zero-order valence-electron chi connectivity index (χ0n) is 16.5. The first-order chi connectivity index (χ1) is 13.1. The van der Waals surface area contributed by atoms with Crippen LogP contribution in [-0.4, -0.2) is 66.8 Å². The van der Waals surface area contributed by atoms with Crippen LogP contribution >= 0.6 is 0 Å². The van der Waals surface area contributed by atoms with E-state index in [0.29, 0.717) is 0 Å². The van der Waals surface area contributed by atoms with Crippen molar-refractivity contribution < 1.29 is 23.9 Å². The van der Waals surface area contributed by atoms with Crippen molar-refractivity contribution in [1.82, 2.24) is 20.6 Å². The van der Waals surface area contributed by atoms with Gasteiger partial charge in [0, 0.05) is 25.8 Å². The van der Waals surface area contributed by atoms with Gasteiger partial charge in [-0.25, -0.2) is 9.59 Å². The number of aromatic amines is 1. The lowest BCUT2D eigenvalue weighted by Crippen LogP contribution is -2.43. The molecule has 1 aromatic heterocycles. The Morgan fingerprint density at radius 3 is 2.54 bits per heavy atom. The van der Waals surface area contributed by atoms with Gasteiger partial charge in [-0.1, -0.05) is 0 Å². The van der Waals surface area contributed by atoms with Crippen molar-refractivity contribution in [3.05, 3.63) is 22.7 Å². The molecule has 1 rings (SSSR count). The minimum Gasteiger partial charge on any atom is -0.469 e. The van der Waals surface area contributed by atoms with Crippen LogP contribution in [-0.2, 0) is 19.1 Å². The van der Waals surface area contributed by atoms with Gasteiger partial charge in [0.05, 0.1) is 20.1 Å². The fraction of sp³-hybridized carbons (Fsp3) is 0.588. The van der Waals surface area contributed by atoms with E-state index < -0.39 is 23.4 Å². The molecule has 0 aliphatic heterocycles. The molecule has 28 heavy (non-hydrogen) atoms. The predicted octanol–water partition coefficient (Wildman–Crippen LogP) is -0.220. The van der Waals surface area contributed by atoms with Crippen molar-refractivity contribution in [2.45, 2.75) is 32.8 Å². The third-order valence-electron chi connectivity index (χ3n) is 3.24. The lowest BCUT2D eigenvalue weighted by Gasteiger charge is -2.24. The number of ether oxygens (including phenoxy) is 2. The summed E-state index contributed by atoms with van der Waals surface area (Å²) < 4.78 is 9.65. The minimum atomic E-state index is -0.627. The Morgan fingerprint density at radius 1 is 1.21 bits per heavy atom. The maximum atomic E-state index is 12.1. The van der Waals surface area contributed by atoms with Crippen LogP contribution in [0.2, 0.25) is 0 Å². The summed E-state index contributed by atoms with van der Waals surface area (Å²) in [5, 5.41) is 5.17. The van der Waals surface area contributed by atoms with Gasteiger partial charge in [-0.15, -0.1) is 0 Å². The zero-order valence-corrected chi connectivity index (χ0v) is 16.5. The molecular weight excluding hydrogens is 370 g/mol. The summed E-state index contributed by atoms with van der Waals surface area (Å²) in [4.78, 5) is 54.2. The Hall–Kier alpha value is -3.11. The Balaban J connectivity index is 2.65. The summed E-state index contributed by atoms with van der Waals surface area (Å²) in [7, 11) is 1.27. The number of carbonyl (C=O) groups excluding carboxylic acids is 3. The summed E-state index contributed by atoms with van der Waals surface area (Å²) in [6.07, 6.45) is 0.869. The molecule has 156 valence electrons. The summed E-state index contributed by atoms with van der Waals surface area (Å²) in [6, 6.07) is 1.54. The Kier molecular flexibility index (Phi) is 8.93. The van der Waals surface area contributed by atoms with Gasteiger partial charge in [0.2, 0.25) is 5.91 Å². The van der Waals surface area contributed by atoms with Crippen molar-refractivity contribution in [2.24, 2.45) is 0 Å². The fourth-order valence-electron chi connectivity index (χ4n) is 2.05. The van der Waals surface area contributed by atoms with Crippen LogP contribution in [0.1, 0.15) is 27.2 Å². The quantitative estimate of drug-likeness (QED) is 0.485. The van der Waals surface area contributed by atoms with E-state index in [1.54, 1.807) is 20.8 Å². The van der Waals surface area contributed by atoms with E-state index in [2.05, 4.69) is 25.3 Å². The smallest absolute Gasteiger partial charge is 0.407 e. The first-order valence-corrected chi connectivity index (χ1v) is 8.72. The number of nitrogens with one attached hydrogen (secondary N) is 3. The minimum absolute atomic E-state index is 0.0473. The summed E-state index contributed by atoms with van der Waals surface area (Å²) >= 11 is 0. The Morgan fingerprint density at radius 2 is 1.93 bits per heavy atom. The molecule has 0 bridgehead atoms. The number of anilines is 1. The number of aromatic nitrogens is 2. The van der Waals surface area contributed by atoms with E-state index in [1.165, 1.54) is 24.3 Å². The van der Waals surface area contributed by atoms with E-state index in [-0.39, 0.29) is 44.3 Å². The van der Waals surface area contributed by atoms with E-state index in [4.69, 9.17) is 4.74 Å². The fourth-order valence-corrected chi connectivity index (χ4v) is 2.05. The van der Waals surface area contributed by atoms with Crippen molar-refractivity contribution >= 4 is 23.8 Å². The Labute approximate surface area is 162 Å². The van der Waals surface area contributed by atoms with Gasteiger partial charge in [-0.05, 0) is 26.8 Å². The summed E-state index contributed by atoms with van der Waals surface area (Å²) in [5.41, 5.74) is -1.19. The van der Waals surface area contributed by atoms with Crippen LogP contribution in [0, 0.1) is 0 Å². The molecule has 0 saturated carbocycles. The number of H-pyrrole nitrogens is 1. The number of hydrogen-bond acceptors (Lipinski definition) is 8. The van der Waals surface area contributed by atoms with Gasteiger partial charge in [0.15, 0.2) is 0 Å². The van der Waals surface area contributed by atoms with Crippen LogP contribution in [0.25, 0.3) is 0 Å². The number of amides is 2. The lowest BCUT2D eigenvalue weighted by atomic mass is 10.2. The summed E-state index contributed by atoms with van der Waals surface area (Å²) in [5.74, 6) is -0.531. The van der Waals surface area contributed by atoms with Crippen LogP contribution < -0.4 is 21.2 Å². The lowest BCUT2D eigenvalue weighted by molar-refractivity contribution is -0.140. The molecule has 11 nitrogen and oxygen atoms in total. The largest absolute Gasteiger partial charge is 0.469 e. The second-order valence-corrected chi connectivity index (χ2v) is 6.78. The highest BCUT2D eigenvalue weighted by molar-refractivity contribution is 5.81. The van der Waals surface area contributed by atoms with E-state index >= 15 is 0 Å². The average Bonchev–Trinajstić information content (AvgIpc) is 2.59. The number of alkyl carbamates (subject to hydrolysis) is 1. The van der Waals surface area contributed by atoms with E-state index in [9.17, 15) is 19.2 Å². The number of methoxy groups -OCH3 is 1. The molecule has 1 aromatic rings. The molecular formula is C17H27N5O6. The van der Waals surface area contributed by atoms with Gasteiger partial charge < -0.3 is 30.0 Å². The first kappa shape index (κ1) is 22.9. The molecule has 0 fully saturated rings. The second-order valence-electron chi connectivity index (χ2n) is 6.78. The third-order valence-corrected chi connectivity index (χ3v) is 3.24. The van der Waals surface area contributed by atoms with Gasteiger partial charge in [-0.2, -0.15) is 4.98 Å². The molecule has 0 saturated heterocycles. The number of nitrogens with zero attached hydrogens (tertiary/aromatic N) is 2. The highest BCUT2D eigenvalue weighted by atomic mass is 16.6. The molecule has 3 N–H and O–H groups in total. The molecule has 0 radical (unpaired) electrons. The third kappa shape index (κ3) is 9.55. The number of rotatable bonds is 9. The van der Waals surface area contributed by atoms with Gasteiger partial charge in [0.25, 0.3) is 0 Å². The number of esters is 1. The van der Waals surface area contributed by atoms with Crippen LogP contribution in [0.15, 0.2) is 17.1 Å². The maximum Gasteiger partial charge on any atom is 0.407 e.